The van der Waals surface area contributed by atoms with Crippen LogP contribution in [-0.2, 0) is 4.79 Å². The fourth-order valence-corrected chi connectivity index (χ4v) is 1.51. The molecule has 0 radical (unpaired) electrons. The van der Waals surface area contributed by atoms with Crippen LogP contribution >= 0.6 is 0 Å². The van der Waals surface area contributed by atoms with Crippen molar-refractivity contribution in [2.24, 2.45) is 5.73 Å². The molecule has 0 bridgehead atoms. The zero-order valence-corrected chi connectivity index (χ0v) is 9.99. The fourth-order valence-electron chi connectivity index (χ4n) is 1.51. The van der Waals surface area contributed by atoms with Crippen molar-refractivity contribution < 1.29 is 9.53 Å². The van der Waals surface area contributed by atoms with E-state index in [9.17, 15) is 4.79 Å². The van der Waals surface area contributed by atoms with Crippen LogP contribution in [0, 0.1) is 6.92 Å². The average molecular weight is 222 g/mol. The van der Waals surface area contributed by atoms with Gasteiger partial charge in [0.2, 0.25) is 0 Å². The molecule has 0 aliphatic carbocycles. The van der Waals surface area contributed by atoms with Gasteiger partial charge in [0.25, 0.3) is 0 Å². The molecule has 0 atom stereocenters. The Kier molecular flexibility index (Phi) is 4.31. The Morgan fingerprint density at radius 2 is 2.19 bits per heavy atom. The minimum absolute atomic E-state index is 0.00561. The highest BCUT2D eigenvalue weighted by molar-refractivity contribution is 5.85. The Bertz CT molecular complexity index is 377. The highest BCUT2D eigenvalue weighted by Gasteiger charge is 2.10. The Morgan fingerprint density at radius 1 is 1.50 bits per heavy atom. The Hall–Kier alpha value is -1.55. The fraction of sp³-hybridized carbons (Fsp3) is 0.417. The number of anilines is 1. The average Bonchev–Trinajstić information content (AvgIpc) is 2.28. The van der Waals surface area contributed by atoms with Gasteiger partial charge in [0.1, 0.15) is 5.75 Å². The number of Topliss-reactive ketones (excluding diaryl/α,β-unsaturated/α-hetero) is 1. The molecule has 0 aliphatic heterocycles. The minimum atomic E-state index is 0.00561. The second kappa shape index (κ2) is 5.51. The number of hydrogen-bond donors (Lipinski definition) is 1. The zero-order valence-electron chi connectivity index (χ0n) is 9.99. The predicted molar refractivity (Wildman–Crippen MR) is 65.1 cm³/mol. The molecule has 2 N–H and O–H groups in total. The molecule has 1 aromatic rings. The number of likely N-dealkylation sites (N-methyl/N-ethyl adjacent to an activating group) is 1. The molecular weight excluding hydrogens is 204 g/mol. The van der Waals surface area contributed by atoms with Gasteiger partial charge in [0.15, 0.2) is 5.78 Å². The van der Waals surface area contributed by atoms with E-state index in [2.05, 4.69) is 0 Å². The molecule has 0 fully saturated rings. The van der Waals surface area contributed by atoms with Gasteiger partial charge in [-0.1, -0.05) is 6.07 Å². The maximum Gasteiger partial charge on any atom is 0.165 e. The summed E-state index contributed by atoms with van der Waals surface area (Å²) in [6.45, 7) is 2.37. The van der Waals surface area contributed by atoms with Crippen molar-refractivity contribution in [2.45, 2.75) is 6.92 Å². The van der Waals surface area contributed by atoms with E-state index >= 15 is 0 Å². The van der Waals surface area contributed by atoms with Crippen LogP contribution in [0.4, 0.5) is 5.69 Å². The molecule has 0 aromatic heterocycles. The normalized spacial score (nSPS) is 10.0. The molecule has 0 amide bonds. The Labute approximate surface area is 96.0 Å². The molecule has 1 aromatic carbocycles. The zero-order chi connectivity index (χ0) is 12.1. The number of carbonyl (C=O) groups is 1. The molecule has 0 spiro atoms. The van der Waals surface area contributed by atoms with Crippen LogP contribution < -0.4 is 15.4 Å². The van der Waals surface area contributed by atoms with Crippen molar-refractivity contribution in [3.63, 3.8) is 0 Å². The van der Waals surface area contributed by atoms with Gasteiger partial charge in [-0.15, -0.1) is 0 Å². The van der Waals surface area contributed by atoms with Crippen molar-refractivity contribution >= 4 is 11.5 Å². The van der Waals surface area contributed by atoms with Crippen LogP contribution in [0.15, 0.2) is 18.2 Å². The summed E-state index contributed by atoms with van der Waals surface area (Å²) in [5, 5.41) is 0. The second-order valence-corrected chi connectivity index (χ2v) is 3.77. The van der Waals surface area contributed by atoms with Gasteiger partial charge in [-0.25, -0.2) is 0 Å². The lowest BCUT2D eigenvalue weighted by Crippen LogP contribution is -2.30. The standard InChI is InChI=1S/C12H18N2O2/c1-9-4-5-12(16-3)11(6-9)14(2)8-10(15)7-13/h4-6H,7-8,13H2,1-3H3. The van der Waals surface area contributed by atoms with Gasteiger partial charge in [-0.2, -0.15) is 0 Å². The van der Waals surface area contributed by atoms with Crippen LogP contribution in [0.1, 0.15) is 5.56 Å². The number of ketones is 1. The van der Waals surface area contributed by atoms with E-state index in [4.69, 9.17) is 10.5 Å². The molecule has 0 saturated carbocycles. The maximum absolute atomic E-state index is 11.3. The van der Waals surface area contributed by atoms with Crippen molar-refractivity contribution in [1.29, 1.82) is 0 Å². The third-order valence-corrected chi connectivity index (χ3v) is 2.39. The third-order valence-electron chi connectivity index (χ3n) is 2.39. The van der Waals surface area contributed by atoms with E-state index in [0.29, 0.717) is 6.54 Å². The van der Waals surface area contributed by atoms with Crippen molar-refractivity contribution in [3.05, 3.63) is 23.8 Å². The van der Waals surface area contributed by atoms with Crippen LogP contribution in [0.5, 0.6) is 5.75 Å². The highest BCUT2D eigenvalue weighted by atomic mass is 16.5. The molecule has 4 heteroatoms. The molecule has 0 saturated heterocycles. The summed E-state index contributed by atoms with van der Waals surface area (Å²) in [5.41, 5.74) is 7.33. The van der Waals surface area contributed by atoms with Gasteiger partial charge in [0.05, 0.1) is 25.9 Å². The number of methoxy groups -OCH3 is 1. The smallest absolute Gasteiger partial charge is 0.165 e. The topological polar surface area (TPSA) is 55.6 Å². The molecule has 88 valence electrons. The number of nitrogens with two attached hydrogens (primary N) is 1. The van der Waals surface area contributed by atoms with Crippen LogP contribution in [0.25, 0.3) is 0 Å². The number of benzene rings is 1. The minimum Gasteiger partial charge on any atom is -0.495 e. The van der Waals surface area contributed by atoms with Crippen LogP contribution in [0.2, 0.25) is 0 Å². The summed E-state index contributed by atoms with van der Waals surface area (Å²) < 4.78 is 5.25. The summed E-state index contributed by atoms with van der Waals surface area (Å²) >= 11 is 0. The molecular formula is C12H18N2O2. The number of carbonyl (C=O) groups excluding carboxylic acids is 1. The lowest BCUT2D eigenvalue weighted by Gasteiger charge is -2.21. The monoisotopic (exact) mass is 222 g/mol. The Morgan fingerprint density at radius 3 is 2.75 bits per heavy atom. The second-order valence-electron chi connectivity index (χ2n) is 3.77. The van der Waals surface area contributed by atoms with Gasteiger partial charge in [-0.3, -0.25) is 4.79 Å². The first-order chi connectivity index (χ1) is 7.58. The van der Waals surface area contributed by atoms with E-state index in [1.807, 2.05) is 37.1 Å². The summed E-state index contributed by atoms with van der Waals surface area (Å²) in [4.78, 5) is 13.1. The van der Waals surface area contributed by atoms with E-state index < -0.39 is 0 Å². The lowest BCUT2D eigenvalue weighted by molar-refractivity contribution is -0.116. The largest absolute Gasteiger partial charge is 0.495 e. The molecule has 1 rings (SSSR count). The highest BCUT2D eigenvalue weighted by Crippen LogP contribution is 2.28. The number of aryl methyl sites for hydroxylation is 1. The van der Waals surface area contributed by atoms with Gasteiger partial charge in [0, 0.05) is 7.05 Å². The van der Waals surface area contributed by atoms with Crippen molar-refractivity contribution in [2.75, 3.05) is 32.1 Å². The third kappa shape index (κ3) is 2.97. The van der Waals surface area contributed by atoms with E-state index in [1.165, 1.54) is 0 Å². The quantitative estimate of drug-likeness (QED) is 0.806. The molecule has 16 heavy (non-hydrogen) atoms. The lowest BCUT2D eigenvalue weighted by atomic mass is 10.2. The van der Waals surface area contributed by atoms with Gasteiger partial charge in [-0.05, 0) is 24.6 Å². The maximum atomic E-state index is 11.3. The number of nitrogens with zero attached hydrogens (tertiary/aromatic N) is 1. The van der Waals surface area contributed by atoms with Crippen LogP contribution in [0.3, 0.4) is 0 Å². The number of ether oxygens (including phenoxy) is 1. The SMILES string of the molecule is COc1ccc(C)cc1N(C)CC(=O)CN. The van der Waals surface area contributed by atoms with Crippen LogP contribution in [-0.4, -0.2) is 33.0 Å². The van der Waals surface area contributed by atoms with Crippen molar-refractivity contribution in [3.8, 4) is 5.75 Å². The molecule has 0 heterocycles. The van der Waals surface area contributed by atoms with Gasteiger partial charge < -0.3 is 15.4 Å². The van der Waals surface area contributed by atoms with Gasteiger partial charge >= 0.3 is 0 Å². The number of rotatable bonds is 5. The van der Waals surface area contributed by atoms with Crippen molar-refractivity contribution in [1.82, 2.24) is 0 Å². The Balaban J connectivity index is 2.92. The summed E-state index contributed by atoms with van der Waals surface area (Å²) in [6.07, 6.45) is 0. The molecule has 0 unspecified atom stereocenters. The molecule has 0 aliphatic rings. The summed E-state index contributed by atoms with van der Waals surface area (Å²) in [7, 11) is 3.47. The summed E-state index contributed by atoms with van der Waals surface area (Å²) in [5.74, 6) is 0.768. The predicted octanol–water partition coefficient (Wildman–Crippen LogP) is 0.968. The first-order valence-electron chi connectivity index (χ1n) is 5.16. The van der Waals surface area contributed by atoms with E-state index in [1.54, 1.807) is 7.11 Å². The van der Waals surface area contributed by atoms with E-state index in [-0.39, 0.29) is 12.3 Å². The summed E-state index contributed by atoms with van der Waals surface area (Å²) in [6, 6.07) is 5.86. The first-order valence-corrected chi connectivity index (χ1v) is 5.16. The van der Waals surface area contributed by atoms with E-state index in [0.717, 1.165) is 17.0 Å². The molecule has 4 nitrogen and oxygen atoms in total. The first kappa shape index (κ1) is 12.5. The number of hydrogen-bond acceptors (Lipinski definition) is 4.